The second-order valence-corrected chi connectivity index (χ2v) is 7.23. The summed E-state index contributed by atoms with van der Waals surface area (Å²) in [6.45, 7) is 6.17. The van der Waals surface area contributed by atoms with Crippen molar-refractivity contribution in [3.63, 3.8) is 0 Å². The van der Waals surface area contributed by atoms with E-state index >= 15 is 0 Å². The summed E-state index contributed by atoms with van der Waals surface area (Å²) < 4.78 is 10.8. The first-order valence-electron chi connectivity index (χ1n) is 10.0. The molecule has 3 atom stereocenters. The summed E-state index contributed by atoms with van der Waals surface area (Å²) in [4.78, 5) is 25.4. The van der Waals surface area contributed by atoms with Crippen molar-refractivity contribution in [2.75, 3.05) is 11.9 Å². The number of fused-ring (bicyclic) bond motifs is 1. The maximum absolute atomic E-state index is 12.9. The summed E-state index contributed by atoms with van der Waals surface area (Å²) >= 11 is 0. The van der Waals surface area contributed by atoms with Crippen LogP contribution in [-0.2, 0) is 20.9 Å². The van der Waals surface area contributed by atoms with Gasteiger partial charge in [0.2, 0.25) is 0 Å². The van der Waals surface area contributed by atoms with Crippen molar-refractivity contribution in [3.8, 4) is 0 Å². The quantitative estimate of drug-likeness (QED) is 0.707. The van der Waals surface area contributed by atoms with Crippen LogP contribution in [0.3, 0.4) is 0 Å². The van der Waals surface area contributed by atoms with E-state index in [1.165, 1.54) is 0 Å². The van der Waals surface area contributed by atoms with Crippen LogP contribution in [0.15, 0.2) is 54.6 Å². The minimum atomic E-state index is -0.929. The standard InChI is InChI=1S/C23H28N2O4/c1-4-23(21(26)28-5-2)16(3)20(18-13-9-10-14-19(18)25-23)24-22(27)29-15-17-11-7-6-8-12-17/h6-14,16,20,25H,4-5,15H2,1-3H3,(H,24,27). The minimum absolute atomic E-state index is 0.185. The summed E-state index contributed by atoms with van der Waals surface area (Å²) in [5, 5.41) is 6.36. The van der Waals surface area contributed by atoms with Gasteiger partial charge in [-0.3, -0.25) is 0 Å². The molecule has 1 heterocycles. The van der Waals surface area contributed by atoms with E-state index in [0.717, 1.165) is 16.8 Å². The number of para-hydroxylation sites is 1. The highest BCUT2D eigenvalue weighted by molar-refractivity contribution is 5.87. The molecule has 6 heteroatoms. The Morgan fingerprint density at radius 3 is 2.41 bits per heavy atom. The molecule has 0 saturated carbocycles. The molecule has 0 aliphatic carbocycles. The SMILES string of the molecule is CCOC(=O)C1(CC)Nc2ccccc2C(NC(=O)OCc2ccccc2)C1C. The summed E-state index contributed by atoms with van der Waals surface area (Å²) in [7, 11) is 0. The highest BCUT2D eigenvalue weighted by Crippen LogP contribution is 2.44. The number of carbonyl (C=O) groups excluding carboxylic acids is 2. The van der Waals surface area contributed by atoms with E-state index in [2.05, 4.69) is 10.6 Å². The van der Waals surface area contributed by atoms with Gasteiger partial charge in [0.1, 0.15) is 12.1 Å². The minimum Gasteiger partial charge on any atom is -0.464 e. The smallest absolute Gasteiger partial charge is 0.407 e. The van der Waals surface area contributed by atoms with E-state index in [-0.39, 0.29) is 24.5 Å². The summed E-state index contributed by atoms with van der Waals surface area (Å²) in [6, 6.07) is 16.8. The number of benzene rings is 2. The van der Waals surface area contributed by atoms with Gasteiger partial charge >= 0.3 is 12.1 Å². The number of rotatable bonds is 6. The molecule has 0 aromatic heterocycles. The molecule has 0 bridgehead atoms. The number of alkyl carbamates (subject to hydrolysis) is 1. The van der Waals surface area contributed by atoms with Crippen molar-refractivity contribution in [1.82, 2.24) is 5.32 Å². The Morgan fingerprint density at radius 2 is 1.72 bits per heavy atom. The number of amides is 1. The molecule has 6 nitrogen and oxygen atoms in total. The third-order valence-corrected chi connectivity index (χ3v) is 5.61. The monoisotopic (exact) mass is 396 g/mol. The van der Waals surface area contributed by atoms with Gasteiger partial charge in [-0.2, -0.15) is 0 Å². The van der Waals surface area contributed by atoms with E-state index in [4.69, 9.17) is 9.47 Å². The molecule has 0 saturated heterocycles. The van der Waals surface area contributed by atoms with Gasteiger partial charge in [0.05, 0.1) is 12.6 Å². The normalized spacial score (nSPS) is 22.7. The van der Waals surface area contributed by atoms with Gasteiger partial charge in [0.15, 0.2) is 0 Å². The van der Waals surface area contributed by atoms with Gasteiger partial charge < -0.3 is 20.1 Å². The maximum atomic E-state index is 12.9. The van der Waals surface area contributed by atoms with Crippen molar-refractivity contribution in [1.29, 1.82) is 0 Å². The van der Waals surface area contributed by atoms with Gasteiger partial charge in [0.25, 0.3) is 0 Å². The van der Waals surface area contributed by atoms with E-state index in [9.17, 15) is 9.59 Å². The molecule has 1 amide bonds. The van der Waals surface area contributed by atoms with E-state index < -0.39 is 11.6 Å². The van der Waals surface area contributed by atoms with E-state index in [1.54, 1.807) is 6.92 Å². The predicted molar refractivity (Wildman–Crippen MR) is 111 cm³/mol. The largest absolute Gasteiger partial charge is 0.464 e. The maximum Gasteiger partial charge on any atom is 0.407 e. The first-order valence-corrected chi connectivity index (χ1v) is 10.0. The molecule has 1 aliphatic heterocycles. The Balaban J connectivity index is 1.83. The molecule has 3 unspecified atom stereocenters. The lowest BCUT2D eigenvalue weighted by Gasteiger charge is -2.46. The van der Waals surface area contributed by atoms with Crippen LogP contribution in [-0.4, -0.2) is 24.2 Å². The molecule has 0 fully saturated rings. The van der Waals surface area contributed by atoms with Crippen molar-refractivity contribution < 1.29 is 19.1 Å². The molecule has 29 heavy (non-hydrogen) atoms. The number of hydrogen-bond acceptors (Lipinski definition) is 5. The van der Waals surface area contributed by atoms with Crippen LogP contribution < -0.4 is 10.6 Å². The number of carbonyl (C=O) groups is 2. The number of anilines is 1. The zero-order chi connectivity index (χ0) is 20.9. The summed E-state index contributed by atoms with van der Waals surface area (Å²) in [5.74, 6) is -0.556. The van der Waals surface area contributed by atoms with Crippen LogP contribution in [0.25, 0.3) is 0 Å². The summed E-state index contributed by atoms with van der Waals surface area (Å²) in [5.41, 5.74) is 1.72. The third-order valence-electron chi connectivity index (χ3n) is 5.61. The molecule has 2 aromatic rings. The highest BCUT2D eigenvalue weighted by Gasteiger charge is 2.51. The van der Waals surface area contributed by atoms with Crippen LogP contribution in [0.4, 0.5) is 10.5 Å². The molecule has 0 radical (unpaired) electrons. The van der Waals surface area contributed by atoms with Crippen LogP contribution >= 0.6 is 0 Å². The molecule has 1 aliphatic rings. The van der Waals surface area contributed by atoms with Gasteiger partial charge in [-0.05, 0) is 30.5 Å². The molecular weight excluding hydrogens is 368 g/mol. The fraction of sp³-hybridized carbons (Fsp3) is 0.391. The van der Waals surface area contributed by atoms with Crippen molar-refractivity contribution in [2.24, 2.45) is 5.92 Å². The topological polar surface area (TPSA) is 76.7 Å². The number of esters is 1. The third kappa shape index (κ3) is 4.21. The average Bonchev–Trinajstić information content (AvgIpc) is 2.75. The van der Waals surface area contributed by atoms with Crippen molar-refractivity contribution in [2.45, 2.75) is 45.4 Å². The molecule has 0 spiro atoms. The number of nitrogens with one attached hydrogen (secondary N) is 2. The van der Waals surface area contributed by atoms with Crippen molar-refractivity contribution >= 4 is 17.7 Å². The van der Waals surface area contributed by atoms with Crippen LogP contribution in [0.1, 0.15) is 44.4 Å². The zero-order valence-electron chi connectivity index (χ0n) is 17.1. The number of ether oxygens (including phenoxy) is 2. The predicted octanol–water partition coefficient (Wildman–Crippen LogP) is 4.43. The lowest BCUT2D eigenvalue weighted by atomic mass is 9.72. The van der Waals surface area contributed by atoms with Crippen molar-refractivity contribution in [3.05, 3.63) is 65.7 Å². The van der Waals surface area contributed by atoms with Crippen LogP contribution in [0, 0.1) is 5.92 Å². The Morgan fingerprint density at radius 1 is 1.03 bits per heavy atom. The Bertz CT molecular complexity index is 855. The Kier molecular flexibility index (Phi) is 6.42. The average molecular weight is 396 g/mol. The Hall–Kier alpha value is -3.02. The van der Waals surface area contributed by atoms with E-state index in [0.29, 0.717) is 13.0 Å². The first kappa shape index (κ1) is 20.7. The molecule has 3 rings (SSSR count). The molecule has 154 valence electrons. The second-order valence-electron chi connectivity index (χ2n) is 7.23. The lowest BCUT2D eigenvalue weighted by Crippen LogP contribution is -2.58. The van der Waals surface area contributed by atoms with Gasteiger partial charge in [0, 0.05) is 11.6 Å². The van der Waals surface area contributed by atoms with Crippen LogP contribution in [0.5, 0.6) is 0 Å². The fourth-order valence-corrected chi connectivity index (χ4v) is 3.94. The molecule has 2 aromatic carbocycles. The fourth-order valence-electron chi connectivity index (χ4n) is 3.94. The first-order chi connectivity index (χ1) is 14.0. The van der Waals surface area contributed by atoms with E-state index in [1.807, 2.05) is 68.4 Å². The second kappa shape index (κ2) is 8.99. The Labute approximate surface area is 171 Å². The van der Waals surface area contributed by atoms with Gasteiger partial charge in [-0.1, -0.05) is 62.4 Å². The van der Waals surface area contributed by atoms with Crippen LogP contribution in [0.2, 0.25) is 0 Å². The lowest BCUT2D eigenvalue weighted by molar-refractivity contribution is -0.151. The number of hydrogen-bond donors (Lipinski definition) is 2. The molecular formula is C23H28N2O4. The zero-order valence-corrected chi connectivity index (χ0v) is 17.1. The highest BCUT2D eigenvalue weighted by atomic mass is 16.5. The van der Waals surface area contributed by atoms with Gasteiger partial charge in [-0.15, -0.1) is 0 Å². The summed E-state index contributed by atoms with van der Waals surface area (Å²) in [6.07, 6.45) is 0.00902. The van der Waals surface area contributed by atoms with Gasteiger partial charge in [-0.25, -0.2) is 9.59 Å². The molecule has 2 N–H and O–H groups in total.